The molecule has 0 saturated carbocycles. The van der Waals surface area contributed by atoms with Gasteiger partial charge in [0, 0.05) is 24.3 Å². The van der Waals surface area contributed by atoms with E-state index in [2.05, 4.69) is 5.32 Å². The van der Waals surface area contributed by atoms with Crippen LogP contribution >= 0.6 is 0 Å². The van der Waals surface area contributed by atoms with Crippen molar-refractivity contribution in [3.63, 3.8) is 0 Å². The zero-order valence-electron chi connectivity index (χ0n) is 16.9. The molecule has 1 saturated heterocycles. The second-order valence-electron chi connectivity index (χ2n) is 7.01. The second kappa shape index (κ2) is 8.77. The minimum atomic E-state index is -0.655. The highest BCUT2D eigenvalue weighted by Crippen LogP contribution is 2.27. The molecule has 8 nitrogen and oxygen atoms in total. The minimum Gasteiger partial charge on any atom is -0.465 e. The number of aryl methyl sites for hydroxylation is 1. The third kappa shape index (κ3) is 4.48. The Bertz CT molecular complexity index is 965. The number of rotatable bonds is 5. The van der Waals surface area contributed by atoms with Gasteiger partial charge in [-0.15, -0.1) is 0 Å². The largest absolute Gasteiger partial charge is 0.465 e. The summed E-state index contributed by atoms with van der Waals surface area (Å²) < 4.78 is 9.39. The number of nitrogens with one attached hydrogen (secondary N) is 1. The van der Waals surface area contributed by atoms with Crippen molar-refractivity contribution in [2.24, 2.45) is 5.92 Å². The van der Waals surface area contributed by atoms with Crippen LogP contribution in [0.5, 0.6) is 0 Å². The summed E-state index contributed by atoms with van der Waals surface area (Å²) in [6.45, 7) is 2.20. The number of hydrogen-bond acceptors (Lipinski definition) is 6. The van der Waals surface area contributed by atoms with Crippen molar-refractivity contribution < 1.29 is 28.7 Å². The van der Waals surface area contributed by atoms with Gasteiger partial charge in [-0.3, -0.25) is 9.59 Å². The van der Waals surface area contributed by atoms with E-state index in [0.717, 1.165) is 11.3 Å². The fraction of sp³-hybridized carbons (Fsp3) is 0.273. The van der Waals surface area contributed by atoms with Gasteiger partial charge in [-0.25, -0.2) is 9.59 Å². The van der Waals surface area contributed by atoms with E-state index in [9.17, 15) is 19.2 Å². The molecule has 0 bridgehead atoms. The molecule has 2 aromatic carbocycles. The molecule has 1 heterocycles. The third-order valence-electron chi connectivity index (χ3n) is 4.88. The Hall–Kier alpha value is -3.68. The molecule has 0 unspecified atom stereocenters. The summed E-state index contributed by atoms with van der Waals surface area (Å²) in [7, 11) is 2.43. The monoisotopic (exact) mass is 410 g/mol. The van der Waals surface area contributed by atoms with E-state index in [0.29, 0.717) is 0 Å². The van der Waals surface area contributed by atoms with E-state index in [4.69, 9.17) is 9.47 Å². The normalized spacial score (nSPS) is 15.6. The molecule has 30 heavy (non-hydrogen) atoms. The van der Waals surface area contributed by atoms with E-state index >= 15 is 0 Å². The van der Waals surface area contributed by atoms with Crippen molar-refractivity contribution >= 4 is 35.1 Å². The molecular weight excluding hydrogens is 388 g/mol. The topological polar surface area (TPSA) is 102 Å². The van der Waals surface area contributed by atoms with E-state index in [1.807, 2.05) is 31.2 Å². The molecule has 156 valence electrons. The molecular formula is C22H22N2O6. The molecule has 2 aromatic rings. The number of benzene rings is 2. The number of carbonyl (C=O) groups is 4. The Labute approximate surface area is 173 Å². The predicted octanol–water partition coefficient (Wildman–Crippen LogP) is 2.56. The van der Waals surface area contributed by atoms with Crippen LogP contribution in [0.25, 0.3) is 0 Å². The summed E-state index contributed by atoms with van der Waals surface area (Å²) in [4.78, 5) is 50.6. The lowest BCUT2D eigenvalue weighted by molar-refractivity contribution is -0.122. The molecule has 3 rings (SSSR count). The smallest absolute Gasteiger partial charge is 0.337 e. The lowest BCUT2D eigenvalue weighted by atomic mass is 10.1. The van der Waals surface area contributed by atoms with Crippen molar-refractivity contribution in [1.82, 2.24) is 0 Å². The molecule has 1 fully saturated rings. The standard InChI is InChI=1S/C22H22N2O6/c1-13-4-6-18(7-5-13)24-12-16(11-19(24)25)20(26)23-17-9-14(21(27)29-2)8-15(10-17)22(28)30-3/h4-10,16H,11-12H2,1-3H3,(H,23,26)/t16-/m1/s1. The second-order valence-corrected chi connectivity index (χ2v) is 7.01. The van der Waals surface area contributed by atoms with Gasteiger partial charge in [-0.1, -0.05) is 17.7 Å². The molecule has 0 aliphatic carbocycles. The van der Waals surface area contributed by atoms with Gasteiger partial charge in [-0.2, -0.15) is 0 Å². The van der Waals surface area contributed by atoms with E-state index in [1.165, 1.54) is 32.4 Å². The first kappa shape index (κ1) is 21.0. The first-order valence-electron chi connectivity index (χ1n) is 9.32. The lowest BCUT2D eigenvalue weighted by Crippen LogP contribution is -2.28. The Morgan fingerprint density at radius 1 is 0.967 bits per heavy atom. The molecule has 0 radical (unpaired) electrons. The molecule has 1 aliphatic heterocycles. The molecule has 8 heteroatoms. The first-order valence-corrected chi connectivity index (χ1v) is 9.32. The minimum absolute atomic E-state index is 0.0697. The van der Waals surface area contributed by atoms with Gasteiger partial charge in [0.1, 0.15) is 0 Å². The fourth-order valence-corrected chi connectivity index (χ4v) is 3.27. The number of amides is 2. The van der Waals surface area contributed by atoms with Crippen LogP contribution in [0.2, 0.25) is 0 Å². The van der Waals surface area contributed by atoms with Gasteiger partial charge < -0.3 is 19.7 Å². The average molecular weight is 410 g/mol. The van der Waals surface area contributed by atoms with Crippen LogP contribution in [0.4, 0.5) is 11.4 Å². The Balaban J connectivity index is 1.78. The summed E-state index contributed by atoms with van der Waals surface area (Å²) in [6, 6.07) is 11.6. The van der Waals surface area contributed by atoms with Gasteiger partial charge in [-0.05, 0) is 37.3 Å². The SMILES string of the molecule is COC(=O)c1cc(NC(=O)[C@@H]2CC(=O)N(c3ccc(C)cc3)C2)cc(C(=O)OC)c1. The van der Waals surface area contributed by atoms with Gasteiger partial charge in [0.15, 0.2) is 0 Å². The number of ether oxygens (including phenoxy) is 2. The van der Waals surface area contributed by atoms with Crippen LogP contribution in [-0.4, -0.2) is 44.5 Å². The zero-order chi connectivity index (χ0) is 21.8. The average Bonchev–Trinajstić information content (AvgIpc) is 3.14. The van der Waals surface area contributed by atoms with Crippen molar-refractivity contribution in [2.45, 2.75) is 13.3 Å². The zero-order valence-corrected chi connectivity index (χ0v) is 16.9. The molecule has 1 N–H and O–H groups in total. The third-order valence-corrected chi connectivity index (χ3v) is 4.88. The van der Waals surface area contributed by atoms with Crippen LogP contribution in [-0.2, 0) is 19.1 Å². The fourth-order valence-electron chi connectivity index (χ4n) is 3.27. The Kier molecular flexibility index (Phi) is 6.15. The van der Waals surface area contributed by atoms with E-state index < -0.39 is 17.9 Å². The van der Waals surface area contributed by atoms with Crippen LogP contribution in [0.15, 0.2) is 42.5 Å². The maximum absolute atomic E-state index is 12.8. The number of carbonyl (C=O) groups excluding carboxylic acids is 4. The summed E-state index contributed by atoms with van der Waals surface area (Å²) in [5, 5.41) is 2.69. The lowest BCUT2D eigenvalue weighted by Gasteiger charge is -2.17. The highest BCUT2D eigenvalue weighted by atomic mass is 16.5. The maximum atomic E-state index is 12.8. The van der Waals surface area contributed by atoms with Gasteiger partial charge >= 0.3 is 11.9 Å². The summed E-state index contributed by atoms with van der Waals surface area (Å²) in [5.74, 6) is -2.40. The van der Waals surface area contributed by atoms with Crippen molar-refractivity contribution in [3.05, 3.63) is 59.2 Å². The summed E-state index contributed by atoms with van der Waals surface area (Å²) in [6.07, 6.45) is 0.0697. The molecule has 0 spiro atoms. The number of esters is 2. The predicted molar refractivity (Wildman–Crippen MR) is 109 cm³/mol. The number of nitrogens with zero attached hydrogens (tertiary/aromatic N) is 1. The van der Waals surface area contributed by atoms with Crippen molar-refractivity contribution in [2.75, 3.05) is 31.0 Å². The maximum Gasteiger partial charge on any atom is 0.337 e. The van der Waals surface area contributed by atoms with Crippen LogP contribution in [0.3, 0.4) is 0 Å². The van der Waals surface area contributed by atoms with Crippen molar-refractivity contribution in [1.29, 1.82) is 0 Å². The Morgan fingerprint density at radius 2 is 1.53 bits per heavy atom. The van der Waals surface area contributed by atoms with Crippen LogP contribution in [0.1, 0.15) is 32.7 Å². The van der Waals surface area contributed by atoms with Gasteiger partial charge in [0.25, 0.3) is 0 Å². The van der Waals surface area contributed by atoms with Crippen molar-refractivity contribution in [3.8, 4) is 0 Å². The quantitative estimate of drug-likeness (QED) is 0.760. The molecule has 1 atom stereocenters. The number of hydrogen-bond donors (Lipinski definition) is 1. The van der Waals surface area contributed by atoms with Gasteiger partial charge in [0.2, 0.25) is 11.8 Å². The summed E-state index contributed by atoms with van der Waals surface area (Å²) in [5.41, 5.74) is 2.25. The van der Waals surface area contributed by atoms with E-state index in [-0.39, 0.29) is 41.6 Å². The summed E-state index contributed by atoms with van der Waals surface area (Å²) >= 11 is 0. The van der Waals surface area contributed by atoms with Gasteiger partial charge in [0.05, 0.1) is 31.3 Å². The number of anilines is 2. The molecule has 0 aromatic heterocycles. The highest BCUT2D eigenvalue weighted by Gasteiger charge is 2.35. The van der Waals surface area contributed by atoms with Crippen LogP contribution < -0.4 is 10.2 Å². The van der Waals surface area contributed by atoms with E-state index in [1.54, 1.807) is 4.90 Å². The Morgan fingerprint density at radius 3 is 2.07 bits per heavy atom. The van der Waals surface area contributed by atoms with Crippen LogP contribution in [0, 0.1) is 12.8 Å². The molecule has 1 aliphatic rings. The molecule has 2 amide bonds. The highest BCUT2D eigenvalue weighted by molar-refractivity contribution is 6.04. The number of methoxy groups -OCH3 is 2. The first-order chi connectivity index (χ1) is 14.3.